The molecule has 0 spiro atoms. The summed E-state index contributed by atoms with van der Waals surface area (Å²) in [6.45, 7) is 2.37. The molecule has 5 heteroatoms. The Balaban J connectivity index is 2.24. The highest BCUT2D eigenvalue weighted by Crippen LogP contribution is 2.17. The number of unbranched alkanes of at least 4 members (excludes halogenated alkanes) is 2. The lowest BCUT2D eigenvalue weighted by Gasteiger charge is -2.00. The second kappa shape index (κ2) is 5.82. The molecule has 2 rings (SSSR count). The van der Waals surface area contributed by atoms with Crippen LogP contribution in [-0.2, 0) is 17.9 Å². The zero-order valence-electron chi connectivity index (χ0n) is 10.8. The molecule has 0 aliphatic rings. The number of hydrogen-bond donors (Lipinski definition) is 0. The zero-order chi connectivity index (χ0) is 13.0. The van der Waals surface area contributed by atoms with Gasteiger partial charge < -0.3 is 9.15 Å². The zero-order valence-corrected chi connectivity index (χ0v) is 10.8. The second-order valence-corrected chi connectivity index (χ2v) is 4.34. The molecule has 0 bridgehead atoms. The fourth-order valence-electron chi connectivity index (χ4n) is 1.91. The first-order valence-corrected chi connectivity index (χ1v) is 6.23. The molecule has 0 aliphatic heterocycles. The molecule has 2 aromatic rings. The lowest BCUT2D eigenvalue weighted by molar-refractivity contribution is 0.127. The van der Waals surface area contributed by atoms with E-state index >= 15 is 0 Å². The second-order valence-electron chi connectivity index (χ2n) is 4.34. The molecule has 0 aromatic carbocycles. The van der Waals surface area contributed by atoms with Crippen molar-refractivity contribution in [3.05, 3.63) is 28.5 Å². The van der Waals surface area contributed by atoms with Crippen molar-refractivity contribution in [1.82, 2.24) is 9.55 Å². The van der Waals surface area contributed by atoms with E-state index in [1.165, 1.54) is 17.4 Å². The van der Waals surface area contributed by atoms with Gasteiger partial charge in [0.15, 0.2) is 0 Å². The summed E-state index contributed by atoms with van der Waals surface area (Å²) in [6, 6.07) is 1.95. The Hall–Kier alpha value is -1.62. The highest BCUT2D eigenvalue weighted by molar-refractivity contribution is 5.72. The molecule has 0 atom stereocenters. The quantitative estimate of drug-likeness (QED) is 0.738. The molecule has 5 nitrogen and oxygen atoms in total. The maximum absolute atomic E-state index is 11.6. The fourth-order valence-corrected chi connectivity index (χ4v) is 1.91. The number of aromatic nitrogens is 2. The smallest absolute Gasteiger partial charge is 0.352 e. The number of rotatable bonds is 6. The van der Waals surface area contributed by atoms with E-state index in [0.29, 0.717) is 5.71 Å². The first kappa shape index (κ1) is 12.8. The van der Waals surface area contributed by atoms with Crippen molar-refractivity contribution >= 4 is 11.1 Å². The first-order valence-electron chi connectivity index (χ1n) is 6.23. The van der Waals surface area contributed by atoms with E-state index in [4.69, 9.17) is 9.15 Å². The van der Waals surface area contributed by atoms with Crippen LogP contribution in [0.2, 0.25) is 0 Å². The number of methoxy groups -OCH3 is 1. The summed E-state index contributed by atoms with van der Waals surface area (Å²) in [5.74, 6) is 0.889. The molecule has 18 heavy (non-hydrogen) atoms. The Labute approximate surface area is 105 Å². The average molecular weight is 250 g/mol. The number of hydrogen-bond acceptors (Lipinski definition) is 4. The largest absolute Gasteiger partial charge is 0.443 e. The van der Waals surface area contributed by atoms with Crippen molar-refractivity contribution in [1.29, 1.82) is 0 Å². The highest BCUT2D eigenvalue weighted by atomic mass is 16.5. The van der Waals surface area contributed by atoms with Gasteiger partial charge in [-0.05, 0) is 12.5 Å². The third-order valence-electron chi connectivity index (χ3n) is 2.82. The highest BCUT2D eigenvalue weighted by Gasteiger charge is 2.08. The van der Waals surface area contributed by atoms with Crippen LogP contribution in [0.5, 0.6) is 0 Å². The lowest BCUT2D eigenvalue weighted by Crippen LogP contribution is -2.22. The molecule has 98 valence electrons. The van der Waals surface area contributed by atoms with Gasteiger partial charge in [0, 0.05) is 19.7 Å². The molecule has 2 aromatic heterocycles. The van der Waals surface area contributed by atoms with Gasteiger partial charge in [0.05, 0.1) is 5.39 Å². The van der Waals surface area contributed by atoms with E-state index in [1.54, 1.807) is 13.3 Å². The molecule has 0 unspecified atom stereocenters. The first-order chi connectivity index (χ1) is 8.74. The maximum Gasteiger partial charge on any atom is 0.352 e. The Bertz CT molecular complexity index is 571. The van der Waals surface area contributed by atoms with Gasteiger partial charge in [0.25, 0.3) is 0 Å². The van der Waals surface area contributed by atoms with Crippen LogP contribution < -0.4 is 5.69 Å². The third kappa shape index (κ3) is 2.79. The van der Waals surface area contributed by atoms with Gasteiger partial charge in [-0.3, -0.25) is 4.57 Å². The van der Waals surface area contributed by atoms with Gasteiger partial charge >= 0.3 is 5.69 Å². The van der Waals surface area contributed by atoms with Crippen LogP contribution in [0.3, 0.4) is 0 Å². The molecule has 0 N–H and O–H groups in total. The summed E-state index contributed by atoms with van der Waals surface area (Å²) in [6.07, 6.45) is 6.07. The maximum atomic E-state index is 11.6. The standard InChI is InChI=1S/C13H18N2O3/c1-3-4-5-6-11-7-10-8-15(9-17-2)13(16)14-12(10)18-11/h7-8H,3-6,9H2,1-2H3. The van der Waals surface area contributed by atoms with Gasteiger partial charge in [-0.15, -0.1) is 0 Å². The summed E-state index contributed by atoms with van der Waals surface area (Å²) in [5, 5.41) is 0.846. The molecule has 0 saturated heterocycles. The normalized spacial score (nSPS) is 11.2. The lowest BCUT2D eigenvalue weighted by atomic mass is 10.2. The molecule has 0 radical (unpaired) electrons. The SMILES string of the molecule is CCCCCc1cc2cn(COC)c(=O)nc2o1. The van der Waals surface area contributed by atoms with Gasteiger partial charge in [0.2, 0.25) is 5.71 Å². The van der Waals surface area contributed by atoms with Crippen LogP contribution in [0.1, 0.15) is 31.9 Å². The minimum Gasteiger partial charge on any atom is -0.443 e. The topological polar surface area (TPSA) is 57.3 Å². The number of nitrogens with zero attached hydrogens (tertiary/aromatic N) is 2. The average Bonchev–Trinajstić information content (AvgIpc) is 2.72. The number of furan rings is 1. The van der Waals surface area contributed by atoms with Crippen LogP contribution in [0.4, 0.5) is 0 Å². The summed E-state index contributed by atoms with van der Waals surface area (Å²) < 4.78 is 11.9. The van der Waals surface area contributed by atoms with Crippen molar-refractivity contribution in [2.45, 2.75) is 39.3 Å². The Kier molecular flexibility index (Phi) is 4.15. The van der Waals surface area contributed by atoms with Crippen LogP contribution in [0, 0.1) is 0 Å². The number of ether oxygens (including phenoxy) is 1. The minimum absolute atomic E-state index is 0.206. The predicted molar refractivity (Wildman–Crippen MR) is 68.5 cm³/mol. The summed E-state index contributed by atoms with van der Waals surface area (Å²) in [4.78, 5) is 15.5. The Morgan fingerprint density at radius 3 is 3.00 bits per heavy atom. The van der Waals surface area contributed by atoms with Crippen LogP contribution >= 0.6 is 0 Å². The van der Waals surface area contributed by atoms with Gasteiger partial charge in [0.1, 0.15) is 12.5 Å². The van der Waals surface area contributed by atoms with Crippen LogP contribution in [0.15, 0.2) is 21.5 Å². The van der Waals surface area contributed by atoms with Crippen molar-refractivity contribution in [2.75, 3.05) is 7.11 Å². The van der Waals surface area contributed by atoms with E-state index in [2.05, 4.69) is 11.9 Å². The molecule has 0 fully saturated rings. The summed E-state index contributed by atoms with van der Waals surface area (Å²) in [7, 11) is 1.54. The van der Waals surface area contributed by atoms with Crippen LogP contribution in [-0.4, -0.2) is 16.7 Å². The summed E-state index contributed by atoms with van der Waals surface area (Å²) >= 11 is 0. The monoisotopic (exact) mass is 250 g/mol. The molecule has 0 saturated carbocycles. The minimum atomic E-state index is -0.348. The van der Waals surface area contributed by atoms with E-state index in [9.17, 15) is 4.79 Å². The van der Waals surface area contributed by atoms with Crippen molar-refractivity contribution in [3.63, 3.8) is 0 Å². The van der Waals surface area contributed by atoms with Crippen LogP contribution in [0.25, 0.3) is 11.1 Å². The van der Waals surface area contributed by atoms with E-state index in [0.717, 1.165) is 24.0 Å². The molecule has 0 aliphatic carbocycles. The molecule has 0 amide bonds. The molecular weight excluding hydrogens is 232 g/mol. The van der Waals surface area contributed by atoms with E-state index in [1.807, 2.05) is 6.07 Å². The fraction of sp³-hybridized carbons (Fsp3) is 0.538. The van der Waals surface area contributed by atoms with E-state index in [-0.39, 0.29) is 12.4 Å². The van der Waals surface area contributed by atoms with Gasteiger partial charge in [-0.1, -0.05) is 19.8 Å². The van der Waals surface area contributed by atoms with Crippen molar-refractivity contribution in [2.24, 2.45) is 0 Å². The number of aryl methyl sites for hydroxylation is 1. The van der Waals surface area contributed by atoms with E-state index < -0.39 is 0 Å². The molecular formula is C13H18N2O3. The number of fused-ring (bicyclic) bond motifs is 1. The Morgan fingerprint density at radius 1 is 1.44 bits per heavy atom. The van der Waals surface area contributed by atoms with Crippen molar-refractivity contribution < 1.29 is 9.15 Å². The van der Waals surface area contributed by atoms with Gasteiger partial charge in [-0.2, -0.15) is 4.98 Å². The van der Waals surface area contributed by atoms with Crippen molar-refractivity contribution in [3.8, 4) is 0 Å². The Morgan fingerprint density at radius 2 is 2.28 bits per heavy atom. The van der Waals surface area contributed by atoms with Gasteiger partial charge in [-0.25, -0.2) is 4.79 Å². The third-order valence-corrected chi connectivity index (χ3v) is 2.82. The predicted octanol–water partition coefficient (Wildman–Crippen LogP) is 2.33. The molecule has 2 heterocycles. The summed E-state index contributed by atoms with van der Waals surface area (Å²) in [5.41, 5.74) is 0.0673.